The second kappa shape index (κ2) is 8.65. The molecular formula is C15H24Cl2N2O3S. The van der Waals surface area contributed by atoms with Gasteiger partial charge >= 0.3 is 0 Å². The van der Waals surface area contributed by atoms with E-state index in [1.165, 1.54) is 6.07 Å². The molecule has 2 rings (SSSR count). The van der Waals surface area contributed by atoms with Crippen LogP contribution in [-0.4, -0.2) is 41.8 Å². The molecule has 23 heavy (non-hydrogen) atoms. The van der Waals surface area contributed by atoms with Gasteiger partial charge in [-0.1, -0.05) is 23.7 Å². The number of rotatable bonds is 6. The number of piperidine rings is 1. The summed E-state index contributed by atoms with van der Waals surface area (Å²) in [5.41, 5.74) is 0.585. The summed E-state index contributed by atoms with van der Waals surface area (Å²) in [5, 5.41) is 3.57. The first-order valence-corrected chi connectivity index (χ1v) is 9.21. The third kappa shape index (κ3) is 5.05. The van der Waals surface area contributed by atoms with Crippen molar-refractivity contribution in [1.29, 1.82) is 0 Å². The van der Waals surface area contributed by atoms with E-state index in [9.17, 15) is 8.42 Å². The molecule has 132 valence electrons. The van der Waals surface area contributed by atoms with E-state index in [1.54, 1.807) is 26.2 Å². The van der Waals surface area contributed by atoms with Crippen LogP contribution in [-0.2, 0) is 14.8 Å². The minimum atomic E-state index is -3.63. The number of ether oxygens (including phenoxy) is 1. The predicted molar refractivity (Wildman–Crippen MR) is 95.0 cm³/mol. The third-order valence-electron chi connectivity index (χ3n) is 4.20. The Kier molecular flexibility index (Phi) is 7.77. The first-order valence-electron chi connectivity index (χ1n) is 7.35. The Hall–Kier alpha value is -0.370. The molecule has 0 atom stereocenters. The molecule has 0 spiro atoms. The summed E-state index contributed by atoms with van der Waals surface area (Å²) in [6, 6.07) is 5.02. The van der Waals surface area contributed by atoms with Crippen molar-refractivity contribution >= 4 is 34.0 Å². The Labute approximate surface area is 149 Å². The van der Waals surface area contributed by atoms with Gasteiger partial charge in [0.15, 0.2) is 0 Å². The maximum absolute atomic E-state index is 12.5. The summed E-state index contributed by atoms with van der Waals surface area (Å²) < 4.78 is 33.1. The third-order valence-corrected chi connectivity index (χ3v) is 6.26. The minimum Gasteiger partial charge on any atom is -0.384 e. The van der Waals surface area contributed by atoms with Crippen LogP contribution >= 0.6 is 24.0 Å². The van der Waals surface area contributed by atoms with Crippen molar-refractivity contribution in [2.75, 3.05) is 33.4 Å². The lowest BCUT2D eigenvalue weighted by atomic mass is 9.80. The lowest BCUT2D eigenvalue weighted by molar-refractivity contribution is 0.0577. The number of hydrogen-bond donors (Lipinski definition) is 2. The number of methoxy groups -OCH3 is 1. The van der Waals surface area contributed by atoms with Crippen LogP contribution in [0.2, 0.25) is 5.02 Å². The van der Waals surface area contributed by atoms with E-state index >= 15 is 0 Å². The molecule has 0 amide bonds. The summed E-state index contributed by atoms with van der Waals surface area (Å²) in [5.74, 6) is 0. The van der Waals surface area contributed by atoms with Crippen molar-refractivity contribution in [2.45, 2.75) is 24.7 Å². The van der Waals surface area contributed by atoms with E-state index in [-0.39, 0.29) is 27.7 Å². The van der Waals surface area contributed by atoms with E-state index in [2.05, 4.69) is 10.0 Å². The van der Waals surface area contributed by atoms with E-state index in [0.29, 0.717) is 13.2 Å². The predicted octanol–water partition coefficient (Wildman–Crippen LogP) is 2.36. The molecule has 0 aliphatic carbocycles. The zero-order valence-corrected chi connectivity index (χ0v) is 15.8. The molecule has 1 aliphatic rings. The lowest BCUT2D eigenvalue weighted by Crippen LogP contribution is -2.47. The molecule has 0 aromatic heterocycles. The zero-order chi connectivity index (χ0) is 16.2. The van der Waals surface area contributed by atoms with E-state index in [1.807, 2.05) is 0 Å². The van der Waals surface area contributed by atoms with Crippen molar-refractivity contribution in [3.8, 4) is 0 Å². The highest BCUT2D eigenvalue weighted by Crippen LogP contribution is 2.30. The molecule has 0 radical (unpaired) electrons. The molecule has 1 heterocycles. The molecule has 1 fully saturated rings. The smallest absolute Gasteiger partial charge is 0.242 e. The molecule has 0 bridgehead atoms. The van der Waals surface area contributed by atoms with Crippen LogP contribution in [0.25, 0.3) is 0 Å². The van der Waals surface area contributed by atoms with Crippen LogP contribution in [0.5, 0.6) is 0 Å². The first kappa shape index (κ1) is 20.7. The van der Waals surface area contributed by atoms with Gasteiger partial charge in [0.25, 0.3) is 0 Å². The normalized spacial score (nSPS) is 17.5. The summed E-state index contributed by atoms with van der Waals surface area (Å²) >= 11 is 6.14. The second-order valence-corrected chi connectivity index (χ2v) is 8.01. The molecule has 1 aromatic rings. The monoisotopic (exact) mass is 382 g/mol. The van der Waals surface area contributed by atoms with Crippen molar-refractivity contribution in [3.63, 3.8) is 0 Å². The van der Waals surface area contributed by atoms with Gasteiger partial charge in [-0.25, -0.2) is 13.1 Å². The maximum Gasteiger partial charge on any atom is 0.242 e. The van der Waals surface area contributed by atoms with Crippen LogP contribution in [0.15, 0.2) is 23.1 Å². The number of aryl methyl sites for hydroxylation is 1. The Bertz CT molecular complexity index is 612. The highest BCUT2D eigenvalue weighted by atomic mass is 35.5. The fraction of sp³-hybridized carbons (Fsp3) is 0.600. The molecular weight excluding hydrogens is 359 g/mol. The summed E-state index contributed by atoms with van der Waals surface area (Å²) in [6.07, 6.45) is 1.76. The highest BCUT2D eigenvalue weighted by Gasteiger charge is 2.34. The average molecular weight is 383 g/mol. The summed E-state index contributed by atoms with van der Waals surface area (Å²) in [4.78, 5) is 0.135. The Balaban J connectivity index is 0.00000264. The van der Waals surface area contributed by atoms with Crippen LogP contribution in [0, 0.1) is 12.3 Å². The van der Waals surface area contributed by atoms with Gasteiger partial charge in [-0.15, -0.1) is 12.4 Å². The lowest BCUT2D eigenvalue weighted by Gasteiger charge is -2.37. The molecule has 0 unspecified atom stereocenters. The van der Waals surface area contributed by atoms with Crippen molar-refractivity contribution in [2.24, 2.45) is 5.41 Å². The molecule has 5 nitrogen and oxygen atoms in total. The van der Waals surface area contributed by atoms with Crippen LogP contribution in [0.3, 0.4) is 0 Å². The topological polar surface area (TPSA) is 67.4 Å². The quantitative estimate of drug-likeness (QED) is 0.792. The van der Waals surface area contributed by atoms with Gasteiger partial charge < -0.3 is 10.1 Å². The minimum absolute atomic E-state index is 0. The van der Waals surface area contributed by atoms with Crippen LogP contribution in [0.4, 0.5) is 0 Å². The highest BCUT2D eigenvalue weighted by molar-refractivity contribution is 7.89. The average Bonchev–Trinajstić information content (AvgIpc) is 2.49. The van der Waals surface area contributed by atoms with Crippen molar-refractivity contribution in [3.05, 3.63) is 28.8 Å². The largest absolute Gasteiger partial charge is 0.384 e. The van der Waals surface area contributed by atoms with Gasteiger partial charge in [0, 0.05) is 19.1 Å². The van der Waals surface area contributed by atoms with E-state index in [4.69, 9.17) is 16.3 Å². The van der Waals surface area contributed by atoms with Gasteiger partial charge in [0.05, 0.1) is 11.6 Å². The van der Waals surface area contributed by atoms with Crippen molar-refractivity contribution < 1.29 is 13.2 Å². The van der Waals surface area contributed by atoms with Gasteiger partial charge in [0.2, 0.25) is 10.0 Å². The van der Waals surface area contributed by atoms with Gasteiger partial charge in [-0.05, 0) is 44.5 Å². The Morgan fingerprint density at radius 2 is 2.00 bits per heavy atom. The van der Waals surface area contributed by atoms with Crippen molar-refractivity contribution in [1.82, 2.24) is 10.0 Å². The fourth-order valence-corrected chi connectivity index (χ4v) is 4.53. The Morgan fingerprint density at radius 1 is 1.35 bits per heavy atom. The number of benzene rings is 1. The molecule has 2 N–H and O–H groups in total. The molecule has 1 aliphatic heterocycles. The van der Waals surface area contributed by atoms with E-state index in [0.717, 1.165) is 31.5 Å². The number of halogens is 2. The fourth-order valence-electron chi connectivity index (χ4n) is 2.79. The standard InChI is InChI=1S/C15H23ClN2O3S.ClH/c1-12-4-3-5-13(14(12)16)22(19,20)18-10-15(11-21-2)6-8-17-9-7-15;/h3-5,17-18H,6-11H2,1-2H3;1H. The molecule has 1 saturated heterocycles. The zero-order valence-electron chi connectivity index (χ0n) is 13.4. The van der Waals surface area contributed by atoms with E-state index < -0.39 is 10.0 Å². The van der Waals surface area contributed by atoms with Gasteiger partial charge in [-0.3, -0.25) is 0 Å². The van der Waals surface area contributed by atoms with Crippen LogP contribution < -0.4 is 10.0 Å². The number of hydrogen-bond acceptors (Lipinski definition) is 4. The SMILES string of the molecule is COCC1(CNS(=O)(=O)c2cccc(C)c2Cl)CCNCC1.Cl. The molecule has 0 saturated carbocycles. The number of nitrogens with one attached hydrogen (secondary N) is 2. The molecule has 1 aromatic carbocycles. The first-order chi connectivity index (χ1) is 10.4. The van der Waals surface area contributed by atoms with Gasteiger partial charge in [-0.2, -0.15) is 0 Å². The Morgan fingerprint density at radius 3 is 2.61 bits per heavy atom. The summed E-state index contributed by atoms with van der Waals surface area (Å²) in [7, 11) is -1.98. The summed E-state index contributed by atoms with van der Waals surface area (Å²) in [6.45, 7) is 4.43. The second-order valence-electron chi connectivity index (χ2n) is 5.89. The molecule has 8 heteroatoms. The maximum atomic E-state index is 12.5. The number of sulfonamides is 1. The van der Waals surface area contributed by atoms with Crippen LogP contribution in [0.1, 0.15) is 18.4 Å². The van der Waals surface area contributed by atoms with Gasteiger partial charge in [0.1, 0.15) is 4.90 Å².